The van der Waals surface area contributed by atoms with Crippen LogP contribution in [0.2, 0.25) is 0 Å². The van der Waals surface area contributed by atoms with Crippen LogP contribution in [0.1, 0.15) is 5.82 Å². The number of nitrogens with zero attached hydrogens (tertiary/aromatic N) is 2. The molecule has 0 bridgehead atoms. The predicted molar refractivity (Wildman–Crippen MR) is 126 cm³/mol. The lowest BCUT2D eigenvalue weighted by Crippen LogP contribution is -1.93. The van der Waals surface area contributed by atoms with Gasteiger partial charge >= 0.3 is 0 Å². The SMILES string of the molecule is Cc1nc2ccc(N)cc2[nH]1.Nc1ccc(NC=O)cc1.Nc1ccc2[nH]cnc2c1. The number of carbonyl (C=O) groups excluding carboxylic acids is 1. The Morgan fingerprint density at radius 1 is 0.839 bits per heavy atom. The third-order valence-electron chi connectivity index (χ3n) is 4.21. The lowest BCUT2D eigenvalue weighted by Gasteiger charge is -1.96. The zero-order valence-electron chi connectivity index (χ0n) is 17.0. The van der Waals surface area contributed by atoms with E-state index in [-0.39, 0.29) is 0 Å². The Morgan fingerprint density at radius 2 is 1.52 bits per heavy atom. The van der Waals surface area contributed by atoms with Crippen LogP contribution in [0.5, 0.6) is 0 Å². The van der Waals surface area contributed by atoms with E-state index in [2.05, 4.69) is 25.3 Å². The molecule has 31 heavy (non-hydrogen) atoms. The molecule has 9 N–H and O–H groups in total. The average Bonchev–Trinajstić information content (AvgIpc) is 3.35. The van der Waals surface area contributed by atoms with Gasteiger partial charge in [0.2, 0.25) is 6.41 Å². The molecule has 158 valence electrons. The number of rotatable bonds is 2. The zero-order valence-corrected chi connectivity index (χ0v) is 17.0. The summed E-state index contributed by atoms with van der Waals surface area (Å²) in [5.41, 5.74) is 23.4. The number of nitrogens with two attached hydrogens (primary N) is 3. The summed E-state index contributed by atoms with van der Waals surface area (Å²) >= 11 is 0. The molecule has 0 fully saturated rings. The van der Waals surface area contributed by atoms with E-state index in [0.29, 0.717) is 12.1 Å². The Hall–Kier alpha value is -4.53. The number of aryl methyl sites for hydroxylation is 1. The van der Waals surface area contributed by atoms with Gasteiger partial charge in [0.25, 0.3) is 0 Å². The first kappa shape index (κ1) is 21.2. The third-order valence-corrected chi connectivity index (χ3v) is 4.21. The van der Waals surface area contributed by atoms with Crippen molar-refractivity contribution in [1.82, 2.24) is 19.9 Å². The van der Waals surface area contributed by atoms with Crippen LogP contribution >= 0.6 is 0 Å². The molecule has 2 heterocycles. The number of aromatic amines is 2. The smallest absolute Gasteiger partial charge is 0.211 e. The Kier molecular flexibility index (Phi) is 6.69. The van der Waals surface area contributed by atoms with Crippen molar-refractivity contribution >= 4 is 51.2 Å². The fourth-order valence-corrected chi connectivity index (χ4v) is 2.75. The number of hydrogen-bond acceptors (Lipinski definition) is 6. The van der Waals surface area contributed by atoms with E-state index in [1.54, 1.807) is 30.6 Å². The quantitative estimate of drug-likeness (QED) is 0.190. The number of nitrogen functional groups attached to an aromatic ring is 3. The molecule has 0 unspecified atom stereocenters. The van der Waals surface area contributed by atoms with Crippen molar-refractivity contribution in [3.8, 4) is 0 Å². The van der Waals surface area contributed by atoms with Crippen LogP contribution in [0.15, 0.2) is 67.0 Å². The molecule has 0 saturated carbocycles. The number of aromatic nitrogens is 4. The number of hydrogen-bond donors (Lipinski definition) is 6. The van der Waals surface area contributed by atoms with Gasteiger partial charge in [-0.1, -0.05) is 0 Å². The molecule has 5 rings (SSSR count). The Morgan fingerprint density at radius 3 is 2.26 bits per heavy atom. The first-order valence-corrected chi connectivity index (χ1v) is 9.41. The number of amides is 1. The van der Waals surface area contributed by atoms with Gasteiger partial charge in [-0.15, -0.1) is 0 Å². The summed E-state index contributed by atoms with van der Waals surface area (Å²) < 4.78 is 0. The van der Waals surface area contributed by atoms with Crippen LogP contribution in [-0.4, -0.2) is 26.3 Å². The summed E-state index contributed by atoms with van der Waals surface area (Å²) in [5.74, 6) is 0.922. The number of imidazole rings is 2. The van der Waals surface area contributed by atoms with Gasteiger partial charge in [-0.05, 0) is 67.6 Å². The van der Waals surface area contributed by atoms with Crippen molar-refractivity contribution in [3.63, 3.8) is 0 Å². The summed E-state index contributed by atoms with van der Waals surface area (Å²) in [4.78, 5) is 24.3. The van der Waals surface area contributed by atoms with Crippen molar-refractivity contribution in [1.29, 1.82) is 0 Å². The number of carbonyl (C=O) groups is 1. The molecular formula is C22H24N8O. The molecule has 0 aliphatic heterocycles. The fourth-order valence-electron chi connectivity index (χ4n) is 2.75. The highest BCUT2D eigenvalue weighted by Crippen LogP contribution is 2.14. The predicted octanol–water partition coefficient (Wildman–Crippen LogP) is 3.44. The molecule has 2 aromatic heterocycles. The lowest BCUT2D eigenvalue weighted by molar-refractivity contribution is -0.105. The molecule has 0 atom stereocenters. The highest BCUT2D eigenvalue weighted by molar-refractivity contribution is 5.79. The second kappa shape index (κ2) is 9.79. The molecule has 1 amide bonds. The van der Waals surface area contributed by atoms with Crippen molar-refractivity contribution in [2.24, 2.45) is 0 Å². The topological polar surface area (TPSA) is 165 Å². The van der Waals surface area contributed by atoms with E-state index < -0.39 is 0 Å². The Labute approximate surface area is 178 Å². The molecule has 9 nitrogen and oxygen atoms in total. The first-order chi connectivity index (χ1) is 14.9. The second-order valence-corrected chi connectivity index (χ2v) is 6.66. The standard InChI is InChI=1S/C8H9N3.C7H7N3.C7H8N2O/c1-5-10-7-3-2-6(9)4-8(7)11-5;8-5-1-2-6-7(3-5)10-4-9-6;8-6-1-3-7(4-2-6)9-5-10/h2-4H,9H2,1H3,(H,10,11);1-4H,8H2,(H,9,10);1-5H,8H2,(H,9,10). The fraction of sp³-hybridized carbons (Fsp3) is 0.0455. The van der Waals surface area contributed by atoms with Gasteiger partial charge in [0, 0.05) is 22.7 Å². The van der Waals surface area contributed by atoms with Crippen molar-refractivity contribution in [3.05, 3.63) is 72.8 Å². The summed E-state index contributed by atoms with van der Waals surface area (Å²) in [5, 5.41) is 2.50. The maximum atomic E-state index is 9.92. The molecule has 3 aromatic carbocycles. The Bertz CT molecular complexity index is 1270. The molecule has 0 radical (unpaired) electrons. The monoisotopic (exact) mass is 416 g/mol. The van der Waals surface area contributed by atoms with Gasteiger partial charge in [0.05, 0.1) is 28.4 Å². The van der Waals surface area contributed by atoms with E-state index >= 15 is 0 Å². The number of nitrogens with one attached hydrogen (secondary N) is 3. The van der Waals surface area contributed by atoms with E-state index in [1.807, 2.05) is 43.3 Å². The van der Waals surface area contributed by atoms with E-state index in [4.69, 9.17) is 17.2 Å². The second-order valence-electron chi connectivity index (χ2n) is 6.66. The first-order valence-electron chi connectivity index (χ1n) is 9.41. The molecule has 0 spiro atoms. The van der Waals surface area contributed by atoms with Gasteiger partial charge in [-0.25, -0.2) is 9.97 Å². The maximum absolute atomic E-state index is 9.92. The molecule has 5 aromatic rings. The lowest BCUT2D eigenvalue weighted by atomic mass is 10.3. The number of fused-ring (bicyclic) bond motifs is 2. The molecule has 0 saturated heterocycles. The van der Waals surface area contributed by atoms with Crippen molar-refractivity contribution < 1.29 is 4.79 Å². The number of H-pyrrole nitrogens is 2. The highest BCUT2D eigenvalue weighted by atomic mass is 16.1. The molecular weight excluding hydrogens is 392 g/mol. The van der Waals surface area contributed by atoms with Crippen LogP contribution in [0.3, 0.4) is 0 Å². The molecule has 0 aliphatic carbocycles. The zero-order chi connectivity index (χ0) is 22.2. The molecule has 0 aliphatic rings. The summed E-state index contributed by atoms with van der Waals surface area (Å²) in [6.07, 6.45) is 2.29. The summed E-state index contributed by atoms with van der Waals surface area (Å²) in [7, 11) is 0. The summed E-state index contributed by atoms with van der Waals surface area (Å²) in [6.45, 7) is 1.93. The average molecular weight is 416 g/mol. The number of anilines is 4. The summed E-state index contributed by atoms with van der Waals surface area (Å²) in [6, 6.07) is 18.2. The Balaban J connectivity index is 0.000000132. The highest BCUT2D eigenvalue weighted by Gasteiger charge is 1.97. The van der Waals surface area contributed by atoms with Gasteiger partial charge in [-0.3, -0.25) is 4.79 Å². The van der Waals surface area contributed by atoms with Crippen LogP contribution in [0.25, 0.3) is 22.1 Å². The number of benzene rings is 3. The minimum Gasteiger partial charge on any atom is -0.399 e. The van der Waals surface area contributed by atoms with Gasteiger partial charge in [-0.2, -0.15) is 0 Å². The van der Waals surface area contributed by atoms with Gasteiger partial charge < -0.3 is 32.5 Å². The minimum absolute atomic E-state index is 0.630. The van der Waals surface area contributed by atoms with E-state index in [9.17, 15) is 4.79 Å². The van der Waals surface area contributed by atoms with E-state index in [1.165, 1.54) is 0 Å². The van der Waals surface area contributed by atoms with Crippen molar-refractivity contribution in [2.75, 3.05) is 22.5 Å². The third kappa shape index (κ3) is 5.97. The minimum atomic E-state index is 0.630. The van der Waals surface area contributed by atoms with Crippen LogP contribution in [-0.2, 0) is 4.79 Å². The normalized spacial score (nSPS) is 9.97. The van der Waals surface area contributed by atoms with Crippen LogP contribution in [0.4, 0.5) is 22.7 Å². The van der Waals surface area contributed by atoms with E-state index in [0.717, 1.165) is 45.0 Å². The van der Waals surface area contributed by atoms with Crippen molar-refractivity contribution in [2.45, 2.75) is 6.92 Å². The largest absolute Gasteiger partial charge is 0.399 e. The van der Waals surface area contributed by atoms with Gasteiger partial charge in [0.15, 0.2) is 0 Å². The van der Waals surface area contributed by atoms with Crippen LogP contribution in [0, 0.1) is 6.92 Å². The van der Waals surface area contributed by atoms with Gasteiger partial charge in [0.1, 0.15) is 5.82 Å². The molecule has 9 heteroatoms. The maximum Gasteiger partial charge on any atom is 0.211 e. The van der Waals surface area contributed by atoms with Crippen LogP contribution < -0.4 is 22.5 Å².